The third kappa shape index (κ3) is 11.0. The molecule has 182 valence electrons. The second-order valence-electron chi connectivity index (χ2n) is 11.0. The summed E-state index contributed by atoms with van der Waals surface area (Å²) in [5, 5.41) is 0. The normalized spacial score (nSPS) is 18.7. The molecule has 0 radical (unpaired) electrons. The number of methoxy groups -OCH3 is 1. The van der Waals surface area contributed by atoms with Crippen LogP contribution in [0.15, 0.2) is 12.2 Å². The molecule has 0 aliphatic carbocycles. The number of likely N-dealkylation sites (tertiary alicyclic amines) is 1. The Hall–Kier alpha value is -0.830. The Morgan fingerprint density at radius 3 is 1.74 bits per heavy atom. The maximum atomic E-state index is 13.0. The molecule has 31 heavy (non-hydrogen) atoms. The van der Waals surface area contributed by atoms with Crippen LogP contribution in [0.25, 0.3) is 0 Å². The van der Waals surface area contributed by atoms with E-state index in [-0.39, 0.29) is 17.2 Å². The number of carbonyl (C=O) groups excluding carboxylic acids is 1. The van der Waals surface area contributed by atoms with Gasteiger partial charge in [0.15, 0.2) is 0 Å². The van der Waals surface area contributed by atoms with E-state index in [0.29, 0.717) is 12.3 Å². The van der Waals surface area contributed by atoms with Gasteiger partial charge in [-0.05, 0) is 72.6 Å². The predicted molar refractivity (Wildman–Crippen MR) is 134 cm³/mol. The highest BCUT2D eigenvalue weighted by atomic mass is 16.5. The van der Waals surface area contributed by atoms with Gasteiger partial charge >= 0.3 is 0 Å². The summed E-state index contributed by atoms with van der Waals surface area (Å²) in [6.45, 7) is 11.0. The van der Waals surface area contributed by atoms with Crippen LogP contribution in [-0.4, -0.2) is 35.1 Å². The number of piperidine rings is 1. The van der Waals surface area contributed by atoms with Crippen molar-refractivity contribution in [2.24, 2.45) is 0 Å². The number of hydrogen-bond donors (Lipinski definition) is 0. The molecule has 1 aliphatic rings. The number of amides is 1. The number of allylic oxidation sites excluding steroid dienone is 2. The van der Waals surface area contributed by atoms with Gasteiger partial charge in [-0.3, -0.25) is 4.79 Å². The Kier molecular flexibility index (Phi) is 13.7. The zero-order chi connectivity index (χ0) is 23.2. The fourth-order valence-corrected chi connectivity index (χ4v) is 5.49. The second kappa shape index (κ2) is 15.1. The predicted octanol–water partition coefficient (Wildman–Crippen LogP) is 8.22. The van der Waals surface area contributed by atoms with Gasteiger partial charge in [0.2, 0.25) is 5.91 Å². The smallest absolute Gasteiger partial charge is 0.223 e. The average molecular weight is 436 g/mol. The van der Waals surface area contributed by atoms with E-state index < -0.39 is 0 Å². The molecule has 0 aromatic carbocycles. The van der Waals surface area contributed by atoms with Gasteiger partial charge in [-0.25, -0.2) is 0 Å². The minimum Gasteiger partial charge on any atom is -0.381 e. The molecule has 0 spiro atoms. The summed E-state index contributed by atoms with van der Waals surface area (Å²) in [5.41, 5.74) is -0.275. The molecule has 1 rings (SSSR count). The zero-order valence-corrected chi connectivity index (χ0v) is 21.8. The zero-order valence-electron chi connectivity index (χ0n) is 21.8. The molecule has 0 atom stereocenters. The summed E-state index contributed by atoms with van der Waals surface area (Å²) in [4.78, 5) is 15.2. The van der Waals surface area contributed by atoms with E-state index in [1.807, 2.05) is 0 Å². The van der Waals surface area contributed by atoms with Crippen LogP contribution in [0.5, 0.6) is 0 Å². The van der Waals surface area contributed by atoms with E-state index in [4.69, 9.17) is 4.74 Å². The van der Waals surface area contributed by atoms with Gasteiger partial charge in [-0.1, -0.05) is 70.4 Å². The number of unbranched alkanes of at least 4 members (excludes halogenated alkanes) is 11. The average Bonchev–Trinajstić information content (AvgIpc) is 2.68. The summed E-state index contributed by atoms with van der Waals surface area (Å²) in [6, 6.07) is 0. The lowest BCUT2D eigenvalue weighted by molar-refractivity contribution is -0.156. The van der Waals surface area contributed by atoms with Gasteiger partial charge in [0.1, 0.15) is 0 Å². The van der Waals surface area contributed by atoms with Crippen molar-refractivity contribution >= 4 is 5.91 Å². The van der Waals surface area contributed by atoms with Gasteiger partial charge in [0, 0.05) is 24.6 Å². The van der Waals surface area contributed by atoms with E-state index in [9.17, 15) is 4.79 Å². The van der Waals surface area contributed by atoms with Crippen molar-refractivity contribution in [3.8, 4) is 0 Å². The molecule has 3 heteroatoms. The fraction of sp³-hybridized carbons (Fsp3) is 0.893. The largest absolute Gasteiger partial charge is 0.381 e. The van der Waals surface area contributed by atoms with Crippen LogP contribution in [0, 0.1) is 0 Å². The molecule has 1 aliphatic heterocycles. The van der Waals surface area contributed by atoms with Crippen LogP contribution in [0.4, 0.5) is 0 Å². The highest BCUT2D eigenvalue weighted by molar-refractivity contribution is 5.78. The van der Waals surface area contributed by atoms with Crippen LogP contribution in [-0.2, 0) is 9.53 Å². The van der Waals surface area contributed by atoms with Crippen molar-refractivity contribution in [1.29, 1.82) is 0 Å². The molecule has 1 amide bonds. The first-order valence-electron chi connectivity index (χ1n) is 13.3. The molecule has 0 aromatic heterocycles. The topological polar surface area (TPSA) is 29.5 Å². The third-order valence-corrected chi connectivity index (χ3v) is 6.90. The number of hydrogen-bond acceptors (Lipinski definition) is 2. The van der Waals surface area contributed by atoms with Crippen molar-refractivity contribution in [2.75, 3.05) is 7.11 Å². The first-order valence-corrected chi connectivity index (χ1v) is 13.3. The van der Waals surface area contributed by atoms with Crippen LogP contribution in [0.2, 0.25) is 0 Å². The van der Waals surface area contributed by atoms with E-state index in [1.54, 1.807) is 7.11 Å². The van der Waals surface area contributed by atoms with Crippen molar-refractivity contribution in [2.45, 2.75) is 155 Å². The second-order valence-corrected chi connectivity index (χ2v) is 11.0. The fourth-order valence-electron chi connectivity index (χ4n) is 5.49. The third-order valence-electron chi connectivity index (χ3n) is 6.90. The Bertz CT molecular complexity index is 491. The molecule has 0 unspecified atom stereocenters. The summed E-state index contributed by atoms with van der Waals surface area (Å²) >= 11 is 0. The molecule has 0 aromatic rings. The SMILES string of the molecule is CCCCCCCCC=CCCCCCCCC(=O)N1C(C)(C)CC(OC)CC1(C)C. The van der Waals surface area contributed by atoms with Gasteiger partial charge in [-0.2, -0.15) is 0 Å². The Morgan fingerprint density at radius 1 is 0.806 bits per heavy atom. The molecule has 0 N–H and O–H groups in total. The Labute approximate surface area is 194 Å². The van der Waals surface area contributed by atoms with E-state index in [0.717, 1.165) is 19.3 Å². The lowest BCUT2D eigenvalue weighted by Crippen LogP contribution is -2.64. The van der Waals surface area contributed by atoms with Gasteiger partial charge in [-0.15, -0.1) is 0 Å². The van der Waals surface area contributed by atoms with Crippen molar-refractivity contribution in [3.63, 3.8) is 0 Å². The van der Waals surface area contributed by atoms with E-state index in [2.05, 4.69) is 51.7 Å². The number of carbonyl (C=O) groups is 1. The van der Waals surface area contributed by atoms with E-state index in [1.165, 1.54) is 77.0 Å². The summed E-state index contributed by atoms with van der Waals surface area (Å²) in [6.07, 6.45) is 24.3. The molecule has 1 fully saturated rings. The number of nitrogens with zero attached hydrogens (tertiary/aromatic N) is 1. The minimum atomic E-state index is -0.138. The van der Waals surface area contributed by atoms with Crippen molar-refractivity contribution in [3.05, 3.63) is 12.2 Å². The molecular formula is C28H53NO2. The first kappa shape index (κ1) is 28.2. The first-order chi connectivity index (χ1) is 14.7. The molecule has 1 saturated heterocycles. The quantitative estimate of drug-likeness (QED) is 0.180. The van der Waals surface area contributed by atoms with Crippen LogP contribution >= 0.6 is 0 Å². The minimum absolute atomic E-state index is 0.138. The Balaban J connectivity index is 2.11. The van der Waals surface area contributed by atoms with Gasteiger partial charge in [0.25, 0.3) is 0 Å². The highest BCUT2D eigenvalue weighted by Crippen LogP contribution is 2.40. The van der Waals surface area contributed by atoms with Crippen molar-refractivity contribution < 1.29 is 9.53 Å². The van der Waals surface area contributed by atoms with Crippen molar-refractivity contribution in [1.82, 2.24) is 4.90 Å². The molecule has 1 heterocycles. The molecule has 0 saturated carbocycles. The summed E-state index contributed by atoms with van der Waals surface area (Å²) in [7, 11) is 1.79. The van der Waals surface area contributed by atoms with Gasteiger partial charge < -0.3 is 9.64 Å². The maximum Gasteiger partial charge on any atom is 0.223 e. The lowest BCUT2D eigenvalue weighted by atomic mass is 9.77. The molecule has 3 nitrogen and oxygen atoms in total. The Morgan fingerprint density at radius 2 is 1.26 bits per heavy atom. The van der Waals surface area contributed by atoms with E-state index >= 15 is 0 Å². The monoisotopic (exact) mass is 435 g/mol. The molecule has 0 bridgehead atoms. The van der Waals surface area contributed by atoms with Gasteiger partial charge in [0.05, 0.1) is 6.10 Å². The highest BCUT2D eigenvalue weighted by Gasteiger charge is 2.47. The summed E-state index contributed by atoms with van der Waals surface area (Å²) < 4.78 is 5.64. The van der Waals surface area contributed by atoms with Crippen LogP contribution in [0.3, 0.4) is 0 Å². The van der Waals surface area contributed by atoms with Crippen LogP contribution in [0.1, 0.15) is 137 Å². The van der Waals surface area contributed by atoms with Crippen LogP contribution < -0.4 is 0 Å². The molecular weight excluding hydrogens is 382 g/mol. The maximum absolute atomic E-state index is 13.0. The lowest BCUT2D eigenvalue weighted by Gasteiger charge is -2.55. The summed E-state index contributed by atoms with van der Waals surface area (Å²) in [5.74, 6) is 0.321. The number of ether oxygens (including phenoxy) is 1. The standard InChI is InChI=1S/C28H53NO2/c1-7-8-9-10-11-12-13-14-15-16-17-18-19-20-21-22-26(30)29-27(2,3)23-25(31-6)24-28(29,4)5/h14-15,25H,7-13,16-24H2,1-6H3. The number of rotatable bonds is 16.